The van der Waals surface area contributed by atoms with Gasteiger partial charge in [0.25, 0.3) is 0 Å². The van der Waals surface area contributed by atoms with Crippen LogP contribution in [0.15, 0.2) is 4.99 Å². The quantitative estimate of drug-likeness (QED) is 0.666. The van der Waals surface area contributed by atoms with E-state index >= 15 is 0 Å². The Labute approximate surface area is 102 Å². The molecule has 1 fully saturated rings. The van der Waals surface area contributed by atoms with Crippen LogP contribution in [0.3, 0.4) is 0 Å². The standard InChI is InChI=1S/C12H22N4O/c17-11(16-10-5-2-1-3-6-10)9-15-12-13-7-4-8-14-12/h10H,1-9H2,(H,16,17)(H2,13,14,15). The molecular formula is C12H22N4O. The first-order valence-electron chi connectivity index (χ1n) is 6.66. The van der Waals surface area contributed by atoms with Gasteiger partial charge in [-0.15, -0.1) is 0 Å². The Balaban J connectivity index is 1.64. The van der Waals surface area contributed by atoms with Gasteiger partial charge in [-0.2, -0.15) is 0 Å². The highest BCUT2D eigenvalue weighted by Gasteiger charge is 2.15. The highest BCUT2D eigenvalue weighted by atomic mass is 16.2. The van der Waals surface area contributed by atoms with E-state index in [1.54, 1.807) is 0 Å². The number of amides is 1. The molecule has 2 rings (SSSR count). The first-order chi connectivity index (χ1) is 8.34. The maximum atomic E-state index is 11.7. The van der Waals surface area contributed by atoms with Crippen molar-refractivity contribution in [2.24, 2.45) is 4.99 Å². The first-order valence-corrected chi connectivity index (χ1v) is 6.66. The molecule has 0 saturated heterocycles. The summed E-state index contributed by atoms with van der Waals surface area (Å²) in [5.74, 6) is 0.835. The second-order valence-corrected chi connectivity index (χ2v) is 4.77. The SMILES string of the molecule is O=C(CNC1=NCCCN1)NC1CCCCC1. The number of carbonyl (C=O) groups excluding carboxylic acids is 1. The zero-order chi connectivity index (χ0) is 11.9. The van der Waals surface area contributed by atoms with Gasteiger partial charge in [0, 0.05) is 19.1 Å². The van der Waals surface area contributed by atoms with Crippen LogP contribution in [-0.2, 0) is 4.79 Å². The molecule has 0 spiro atoms. The van der Waals surface area contributed by atoms with Gasteiger partial charge in [0.2, 0.25) is 5.91 Å². The maximum Gasteiger partial charge on any atom is 0.239 e. The fourth-order valence-electron chi connectivity index (χ4n) is 2.34. The summed E-state index contributed by atoms with van der Waals surface area (Å²) in [6.45, 7) is 2.11. The van der Waals surface area contributed by atoms with Crippen LogP contribution in [0.5, 0.6) is 0 Å². The second kappa shape index (κ2) is 6.47. The summed E-state index contributed by atoms with van der Waals surface area (Å²) < 4.78 is 0. The normalized spacial score (nSPS) is 21.3. The molecule has 5 heteroatoms. The van der Waals surface area contributed by atoms with E-state index in [9.17, 15) is 4.79 Å². The highest BCUT2D eigenvalue weighted by Crippen LogP contribution is 2.16. The topological polar surface area (TPSA) is 65.5 Å². The largest absolute Gasteiger partial charge is 0.356 e. The highest BCUT2D eigenvalue weighted by molar-refractivity contribution is 5.86. The Morgan fingerprint density at radius 1 is 1.29 bits per heavy atom. The van der Waals surface area contributed by atoms with Gasteiger partial charge in [0.15, 0.2) is 5.96 Å². The molecule has 0 unspecified atom stereocenters. The molecule has 2 aliphatic rings. The molecule has 0 atom stereocenters. The first kappa shape index (κ1) is 12.2. The number of rotatable bonds is 3. The summed E-state index contributed by atoms with van der Waals surface area (Å²) in [4.78, 5) is 16.0. The van der Waals surface area contributed by atoms with Crippen molar-refractivity contribution in [2.75, 3.05) is 19.6 Å². The molecule has 0 aromatic heterocycles. The van der Waals surface area contributed by atoms with Crippen LogP contribution >= 0.6 is 0 Å². The third-order valence-corrected chi connectivity index (χ3v) is 3.28. The molecule has 0 radical (unpaired) electrons. The van der Waals surface area contributed by atoms with E-state index in [-0.39, 0.29) is 5.91 Å². The predicted octanol–water partition coefficient (Wildman–Crippen LogP) is 0.374. The van der Waals surface area contributed by atoms with Crippen LogP contribution in [0.1, 0.15) is 38.5 Å². The molecule has 1 amide bonds. The van der Waals surface area contributed by atoms with Gasteiger partial charge < -0.3 is 16.0 Å². The van der Waals surface area contributed by atoms with Gasteiger partial charge in [-0.1, -0.05) is 19.3 Å². The van der Waals surface area contributed by atoms with Crippen LogP contribution in [0.25, 0.3) is 0 Å². The Kier molecular flexibility index (Phi) is 4.64. The fraction of sp³-hybridized carbons (Fsp3) is 0.833. The monoisotopic (exact) mass is 238 g/mol. The second-order valence-electron chi connectivity index (χ2n) is 4.77. The van der Waals surface area contributed by atoms with Crippen LogP contribution < -0.4 is 16.0 Å². The number of nitrogens with zero attached hydrogens (tertiary/aromatic N) is 1. The van der Waals surface area contributed by atoms with Crippen LogP contribution in [0.4, 0.5) is 0 Å². The minimum Gasteiger partial charge on any atom is -0.356 e. The van der Waals surface area contributed by atoms with Gasteiger partial charge in [0.1, 0.15) is 0 Å². The minimum absolute atomic E-state index is 0.0759. The van der Waals surface area contributed by atoms with Gasteiger partial charge in [-0.3, -0.25) is 9.79 Å². The molecule has 1 heterocycles. The Morgan fingerprint density at radius 3 is 2.82 bits per heavy atom. The molecule has 17 heavy (non-hydrogen) atoms. The summed E-state index contributed by atoms with van der Waals surface area (Å²) in [6.07, 6.45) is 7.12. The van der Waals surface area contributed by atoms with Crippen LogP contribution in [-0.4, -0.2) is 37.5 Å². The zero-order valence-electron chi connectivity index (χ0n) is 10.3. The number of aliphatic imine (C=N–C) groups is 1. The summed E-state index contributed by atoms with van der Waals surface area (Å²) in [5, 5.41) is 9.25. The third kappa shape index (κ3) is 4.24. The molecule has 0 aromatic rings. The van der Waals surface area contributed by atoms with Crippen molar-refractivity contribution in [3.05, 3.63) is 0 Å². The van der Waals surface area contributed by atoms with Crippen molar-refractivity contribution in [3.63, 3.8) is 0 Å². The third-order valence-electron chi connectivity index (χ3n) is 3.28. The van der Waals surface area contributed by atoms with E-state index in [0.29, 0.717) is 12.6 Å². The van der Waals surface area contributed by atoms with Crippen molar-refractivity contribution >= 4 is 11.9 Å². The van der Waals surface area contributed by atoms with E-state index in [1.807, 2.05) is 0 Å². The van der Waals surface area contributed by atoms with E-state index < -0.39 is 0 Å². The summed E-state index contributed by atoms with van der Waals surface area (Å²) in [7, 11) is 0. The van der Waals surface area contributed by atoms with Crippen molar-refractivity contribution < 1.29 is 4.79 Å². The average Bonchev–Trinajstić information content (AvgIpc) is 2.39. The molecule has 1 saturated carbocycles. The van der Waals surface area contributed by atoms with Crippen molar-refractivity contribution in [3.8, 4) is 0 Å². The van der Waals surface area contributed by atoms with Crippen LogP contribution in [0.2, 0.25) is 0 Å². The predicted molar refractivity (Wildman–Crippen MR) is 67.9 cm³/mol. The number of carbonyl (C=O) groups is 1. The molecule has 0 aromatic carbocycles. The Hall–Kier alpha value is -1.26. The van der Waals surface area contributed by atoms with Crippen molar-refractivity contribution in [1.82, 2.24) is 16.0 Å². The van der Waals surface area contributed by atoms with Gasteiger partial charge >= 0.3 is 0 Å². The molecule has 3 N–H and O–H groups in total. The van der Waals surface area contributed by atoms with Crippen molar-refractivity contribution in [1.29, 1.82) is 0 Å². The summed E-state index contributed by atoms with van der Waals surface area (Å²) in [6, 6.07) is 0.388. The summed E-state index contributed by atoms with van der Waals surface area (Å²) in [5.41, 5.74) is 0. The molecule has 0 bridgehead atoms. The van der Waals surface area contributed by atoms with Gasteiger partial charge in [-0.05, 0) is 19.3 Å². The molecular weight excluding hydrogens is 216 g/mol. The molecule has 5 nitrogen and oxygen atoms in total. The lowest BCUT2D eigenvalue weighted by molar-refractivity contribution is -0.120. The Morgan fingerprint density at radius 2 is 2.12 bits per heavy atom. The molecule has 96 valence electrons. The number of hydrogen-bond acceptors (Lipinski definition) is 4. The lowest BCUT2D eigenvalue weighted by atomic mass is 9.95. The smallest absolute Gasteiger partial charge is 0.239 e. The Bertz CT molecular complexity index is 284. The van der Waals surface area contributed by atoms with Gasteiger partial charge in [-0.25, -0.2) is 0 Å². The number of hydrogen-bond donors (Lipinski definition) is 3. The number of nitrogens with one attached hydrogen (secondary N) is 3. The van der Waals surface area contributed by atoms with E-state index in [0.717, 1.165) is 38.3 Å². The van der Waals surface area contributed by atoms with E-state index in [2.05, 4.69) is 20.9 Å². The van der Waals surface area contributed by atoms with Crippen molar-refractivity contribution in [2.45, 2.75) is 44.6 Å². The van der Waals surface area contributed by atoms with E-state index in [4.69, 9.17) is 0 Å². The fourth-order valence-corrected chi connectivity index (χ4v) is 2.34. The zero-order valence-corrected chi connectivity index (χ0v) is 10.3. The average molecular weight is 238 g/mol. The van der Waals surface area contributed by atoms with Gasteiger partial charge in [0.05, 0.1) is 6.54 Å². The maximum absolute atomic E-state index is 11.7. The summed E-state index contributed by atoms with van der Waals surface area (Å²) >= 11 is 0. The lowest BCUT2D eigenvalue weighted by Gasteiger charge is -2.23. The van der Waals surface area contributed by atoms with E-state index in [1.165, 1.54) is 19.3 Å². The minimum atomic E-state index is 0.0759. The molecule has 1 aliphatic carbocycles. The van der Waals surface area contributed by atoms with Crippen LogP contribution in [0, 0.1) is 0 Å². The number of guanidine groups is 1. The molecule has 1 aliphatic heterocycles. The lowest BCUT2D eigenvalue weighted by Crippen LogP contribution is -2.47.